The predicted molar refractivity (Wildman–Crippen MR) is 74.5 cm³/mol. The normalized spacial score (nSPS) is 10.1. The molecule has 21 heavy (non-hydrogen) atoms. The Morgan fingerprint density at radius 1 is 1.19 bits per heavy atom. The number of carboxylic acid groups (broad SMARTS) is 1. The first-order valence-corrected chi connectivity index (χ1v) is 6.28. The molecule has 1 aromatic carbocycles. The Balaban J connectivity index is 2.02. The van der Waals surface area contributed by atoms with Crippen LogP contribution >= 0.6 is 0 Å². The minimum atomic E-state index is -0.861. The average molecular weight is 288 g/mol. The van der Waals surface area contributed by atoms with E-state index in [1.165, 1.54) is 12.3 Å². The van der Waals surface area contributed by atoms with Crippen LogP contribution in [-0.2, 0) is 11.2 Å². The molecule has 6 heteroatoms. The molecule has 0 saturated carbocycles. The van der Waals surface area contributed by atoms with Gasteiger partial charge in [0.1, 0.15) is 0 Å². The standard InChI is InChI=1S/C15H13FN2O3/c16-13-9-17-8-7-12(13)15(21)18-11-4-1-10(2-5-11)3-6-14(19)20/h1-2,4-5,7-9H,3,6H2,(H,18,21)(H,19,20). The minimum absolute atomic E-state index is 0.0495. The molecule has 0 radical (unpaired) electrons. The molecule has 108 valence electrons. The summed E-state index contributed by atoms with van der Waals surface area (Å²) in [5, 5.41) is 11.2. The Hall–Kier alpha value is -2.76. The molecule has 0 bridgehead atoms. The first-order valence-electron chi connectivity index (χ1n) is 6.28. The van der Waals surface area contributed by atoms with Crippen LogP contribution in [0.2, 0.25) is 0 Å². The lowest BCUT2D eigenvalue weighted by Gasteiger charge is -2.06. The van der Waals surface area contributed by atoms with Crippen molar-refractivity contribution >= 4 is 17.6 Å². The van der Waals surface area contributed by atoms with Gasteiger partial charge in [0.25, 0.3) is 5.91 Å². The van der Waals surface area contributed by atoms with Gasteiger partial charge in [-0.05, 0) is 30.2 Å². The maximum atomic E-state index is 13.4. The number of rotatable bonds is 5. The topological polar surface area (TPSA) is 79.3 Å². The molecule has 0 saturated heterocycles. The molecule has 5 nitrogen and oxygen atoms in total. The van der Waals surface area contributed by atoms with Crippen LogP contribution < -0.4 is 5.32 Å². The number of aryl methyl sites for hydroxylation is 1. The third-order valence-corrected chi connectivity index (χ3v) is 2.86. The van der Waals surface area contributed by atoms with Gasteiger partial charge < -0.3 is 10.4 Å². The Kier molecular flexibility index (Phi) is 4.61. The fourth-order valence-electron chi connectivity index (χ4n) is 1.76. The van der Waals surface area contributed by atoms with Gasteiger partial charge in [0.05, 0.1) is 11.8 Å². The van der Waals surface area contributed by atoms with Gasteiger partial charge in [0.2, 0.25) is 0 Å². The van der Waals surface area contributed by atoms with E-state index in [-0.39, 0.29) is 12.0 Å². The summed E-state index contributed by atoms with van der Waals surface area (Å²) in [6, 6.07) is 8.04. The number of carbonyl (C=O) groups excluding carboxylic acids is 1. The van der Waals surface area contributed by atoms with Gasteiger partial charge in [-0.25, -0.2) is 4.39 Å². The molecule has 0 aliphatic heterocycles. The number of nitrogens with zero attached hydrogens (tertiary/aromatic N) is 1. The Morgan fingerprint density at radius 2 is 1.90 bits per heavy atom. The first kappa shape index (κ1) is 14.6. The zero-order chi connectivity index (χ0) is 15.2. The number of aliphatic carboxylic acids is 1. The molecule has 0 aliphatic carbocycles. The summed E-state index contributed by atoms with van der Waals surface area (Å²) in [7, 11) is 0. The van der Waals surface area contributed by atoms with Gasteiger partial charge in [-0.3, -0.25) is 14.6 Å². The van der Waals surface area contributed by atoms with E-state index in [1.807, 2.05) is 0 Å². The van der Waals surface area contributed by atoms with Gasteiger partial charge in [-0.15, -0.1) is 0 Å². The van der Waals surface area contributed by atoms with E-state index in [2.05, 4.69) is 10.3 Å². The van der Waals surface area contributed by atoms with Crippen molar-refractivity contribution in [3.8, 4) is 0 Å². The summed E-state index contributed by atoms with van der Waals surface area (Å²) in [5.41, 5.74) is 1.28. The van der Waals surface area contributed by atoms with E-state index < -0.39 is 17.7 Å². The number of amides is 1. The highest BCUT2D eigenvalue weighted by Gasteiger charge is 2.11. The number of carbonyl (C=O) groups is 2. The number of halogens is 1. The van der Waals surface area contributed by atoms with Crippen molar-refractivity contribution in [3.63, 3.8) is 0 Å². The van der Waals surface area contributed by atoms with Gasteiger partial charge >= 0.3 is 5.97 Å². The summed E-state index contributed by atoms with van der Waals surface area (Å²) >= 11 is 0. The Labute approximate surface area is 120 Å². The van der Waals surface area contributed by atoms with Crippen LogP contribution in [0.25, 0.3) is 0 Å². The maximum Gasteiger partial charge on any atom is 0.303 e. The third kappa shape index (κ3) is 4.10. The van der Waals surface area contributed by atoms with Crippen molar-refractivity contribution < 1.29 is 19.1 Å². The quantitative estimate of drug-likeness (QED) is 0.886. The molecule has 0 unspecified atom stereocenters. The van der Waals surface area contributed by atoms with E-state index in [4.69, 9.17) is 5.11 Å². The molecule has 0 spiro atoms. The molecule has 2 N–H and O–H groups in total. The van der Waals surface area contributed by atoms with Gasteiger partial charge in [-0.2, -0.15) is 0 Å². The van der Waals surface area contributed by atoms with E-state index in [0.717, 1.165) is 11.8 Å². The minimum Gasteiger partial charge on any atom is -0.481 e. The van der Waals surface area contributed by atoms with Crippen LogP contribution in [-0.4, -0.2) is 22.0 Å². The summed E-state index contributed by atoms with van der Waals surface area (Å²) in [5.74, 6) is -2.11. The fourth-order valence-corrected chi connectivity index (χ4v) is 1.76. The number of benzene rings is 1. The number of carboxylic acids is 1. The fraction of sp³-hybridized carbons (Fsp3) is 0.133. The number of pyridine rings is 1. The van der Waals surface area contributed by atoms with Gasteiger partial charge in [0, 0.05) is 18.3 Å². The molecule has 0 fully saturated rings. The van der Waals surface area contributed by atoms with Crippen molar-refractivity contribution in [1.29, 1.82) is 0 Å². The zero-order valence-corrected chi connectivity index (χ0v) is 11.0. The van der Waals surface area contributed by atoms with Gasteiger partial charge in [-0.1, -0.05) is 12.1 Å². The van der Waals surface area contributed by atoms with Crippen LogP contribution in [0.4, 0.5) is 10.1 Å². The van der Waals surface area contributed by atoms with Crippen molar-refractivity contribution in [1.82, 2.24) is 4.98 Å². The van der Waals surface area contributed by atoms with E-state index in [9.17, 15) is 14.0 Å². The van der Waals surface area contributed by atoms with Gasteiger partial charge in [0.15, 0.2) is 5.82 Å². The van der Waals surface area contributed by atoms with Crippen LogP contribution in [0.3, 0.4) is 0 Å². The highest BCUT2D eigenvalue weighted by atomic mass is 19.1. The average Bonchev–Trinajstić information content (AvgIpc) is 2.47. The number of nitrogens with one attached hydrogen (secondary N) is 1. The molecular formula is C15H13FN2O3. The second-order valence-electron chi connectivity index (χ2n) is 4.40. The van der Waals surface area contributed by atoms with Crippen LogP contribution in [0.1, 0.15) is 22.3 Å². The number of hydrogen-bond acceptors (Lipinski definition) is 3. The molecule has 2 aromatic rings. The first-order chi connectivity index (χ1) is 10.1. The van der Waals surface area contributed by atoms with Crippen molar-refractivity contribution in [3.05, 3.63) is 59.7 Å². The summed E-state index contributed by atoms with van der Waals surface area (Å²) in [6.07, 6.45) is 2.79. The molecule has 0 aliphatic rings. The SMILES string of the molecule is O=C(O)CCc1ccc(NC(=O)c2ccncc2F)cc1. The smallest absolute Gasteiger partial charge is 0.303 e. The second kappa shape index (κ2) is 6.60. The predicted octanol–water partition coefficient (Wildman–Crippen LogP) is 2.49. The molecule has 2 rings (SSSR count). The van der Waals surface area contributed by atoms with E-state index >= 15 is 0 Å². The molecule has 0 atom stereocenters. The lowest BCUT2D eigenvalue weighted by Crippen LogP contribution is -2.13. The molecule has 1 amide bonds. The second-order valence-corrected chi connectivity index (χ2v) is 4.40. The number of aromatic nitrogens is 1. The maximum absolute atomic E-state index is 13.4. The van der Waals surface area contributed by atoms with Crippen LogP contribution in [0.5, 0.6) is 0 Å². The summed E-state index contributed by atoms with van der Waals surface area (Å²) in [4.78, 5) is 25.9. The van der Waals surface area contributed by atoms with Crippen LogP contribution in [0.15, 0.2) is 42.7 Å². The number of anilines is 1. The largest absolute Gasteiger partial charge is 0.481 e. The summed E-state index contributed by atoms with van der Waals surface area (Å²) < 4.78 is 13.4. The van der Waals surface area contributed by atoms with E-state index in [1.54, 1.807) is 24.3 Å². The molecule has 1 aromatic heterocycles. The van der Waals surface area contributed by atoms with Crippen molar-refractivity contribution in [2.75, 3.05) is 5.32 Å². The molecular weight excluding hydrogens is 275 g/mol. The number of hydrogen-bond donors (Lipinski definition) is 2. The lowest BCUT2D eigenvalue weighted by atomic mass is 10.1. The highest BCUT2D eigenvalue weighted by molar-refractivity contribution is 6.04. The molecule has 1 heterocycles. The Morgan fingerprint density at radius 3 is 2.52 bits per heavy atom. The third-order valence-electron chi connectivity index (χ3n) is 2.86. The van der Waals surface area contributed by atoms with Crippen LogP contribution in [0, 0.1) is 5.82 Å². The zero-order valence-electron chi connectivity index (χ0n) is 11.0. The Bertz CT molecular complexity index is 656. The summed E-state index contributed by atoms with van der Waals surface area (Å²) in [6.45, 7) is 0. The van der Waals surface area contributed by atoms with E-state index in [0.29, 0.717) is 12.1 Å². The van der Waals surface area contributed by atoms with Crippen molar-refractivity contribution in [2.24, 2.45) is 0 Å². The lowest BCUT2D eigenvalue weighted by molar-refractivity contribution is -0.136. The highest BCUT2D eigenvalue weighted by Crippen LogP contribution is 2.13. The van der Waals surface area contributed by atoms with Crippen molar-refractivity contribution in [2.45, 2.75) is 12.8 Å². The monoisotopic (exact) mass is 288 g/mol.